The Bertz CT molecular complexity index is 1380. The van der Waals surface area contributed by atoms with Gasteiger partial charge in [-0.25, -0.2) is 8.42 Å². The highest BCUT2D eigenvalue weighted by Crippen LogP contribution is 2.32. The summed E-state index contributed by atoms with van der Waals surface area (Å²) in [6.07, 6.45) is 5.37. The first-order valence-electron chi connectivity index (χ1n) is 10.6. The molecule has 4 rings (SSSR count). The highest BCUT2D eigenvalue weighted by atomic mass is 32.2. The van der Waals surface area contributed by atoms with Crippen molar-refractivity contribution in [1.29, 1.82) is 0 Å². The summed E-state index contributed by atoms with van der Waals surface area (Å²) in [5.74, 6) is -0.707. The summed E-state index contributed by atoms with van der Waals surface area (Å²) in [4.78, 5) is 11.6. The third-order valence-electron chi connectivity index (χ3n) is 5.52. The lowest BCUT2D eigenvalue weighted by atomic mass is 10.1. The van der Waals surface area contributed by atoms with E-state index in [1.165, 1.54) is 6.07 Å². The van der Waals surface area contributed by atoms with Gasteiger partial charge in [0, 0.05) is 18.3 Å². The molecule has 0 fully saturated rings. The maximum atomic E-state index is 13.4. The number of carbonyl (C=O) groups excluding carboxylic acids is 1. The predicted molar refractivity (Wildman–Crippen MR) is 131 cm³/mol. The minimum atomic E-state index is -4.16. The van der Waals surface area contributed by atoms with Crippen molar-refractivity contribution in [2.75, 3.05) is 17.1 Å². The van der Waals surface area contributed by atoms with Crippen molar-refractivity contribution in [1.82, 2.24) is 0 Å². The molecule has 3 aromatic rings. The van der Waals surface area contributed by atoms with Gasteiger partial charge in [-0.3, -0.25) is 9.52 Å². The van der Waals surface area contributed by atoms with Gasteiger partial charge in [-0.15, -0.1) is 0 Å². The number of amides is 1. The smallest absolute Gasteiger partial charge is 0.263 e. The van der Waals surface area contributed by atoms with Crippen molar-refractivity contribution < 1.29 is 23.1 Å². The molecule has 0 saturated carbocycles. The fourth-order valence-corrected chi connectivity index (χ4v) is 5.07. The summed E-state index contributed by atoms with van der Waals surface area (Å²) >= 11 is 0. The quantitative estimate of drug-likeness (QED) is 0.416. The van der Waals surface area contributed by atoms with Gasteiger partial charge < -0.3 is 20.9 Å². The summed E-state index contributed by atoms with van der Waals surface area (Å²) in [6, 6.07) is 15.2. The van der Waals surface area contributed by atoms with Crippen molar-refractivity contribution >= 4 is 27.3 Å². The van der Waals surface area contributed by atoms with Gasteiger partial charge >= 0.3 is 0 Å². The number of phenols is 1. The Morgan fingerprint density at radius 2 is 1.79 bits per heavy atom. The molecular weight excluding hydrogens is 454 g/mol. The lowest BCUT2D eigenvalue weighted by Gasteiger charge is -2.17. The Hall–Kier alpha value is -3.98. The topological polar surface area (TPSA) is 131 Å². The number of aromatic hydroxyl groups is 1. The number of carbonyl (C=O) groups is 1. The highest BCUT2D eigenvalue weighted by Gasteiger charge is 2.24. The number of primary amides is 1. The number of rotatable bonds is 2. The first kappa shape index (κ1) is 23.2. The van der Waals surface area contributed by atoms with E-state index in [-0.39, 0.29) is 16.1 Å². The maximum absolute atomic E-state index is 13.4. The van der Waals surface area contributed by atoms with E-state index in [4.69, 9.17) is 10.5 Å². The number of hydrogen-bond donors (Lipinski definition) is 4. The second-order valence-electron chi connectivity index (χ2n) is 7.92. The Balaban J connectivity index is 1.86. The zero-order valence-electron chi connectivity index (χ0n) is 18.5. The van der Waals surface area contributed by atoms with Gasteiger partial charge in [-0.2, -0.15) is 0 Å². The molecule has 0 spiro atoms. The number of benzene rings is 3. The summed E-state index contributed by atoms with van der Waals surface area (Å²) in [7, 11) is -2.60. The first-order valence-corrected chi connectivity index (χ1v) is 12.1. The molecule has 176 valence electrons. The molecule has 0 aromatic heterocycles. The molecule has 1 amide bonds. The number of nitrogens with one attached hydrogen (secondary N) is 2. The fraction of sp³-hybridized carbons (Fsp3) is 0.160. The van der Waals surface area contributed by atoms with E-state index in [2.05, 4.69) is 16.1 Å². The predicted octanol–water partition coefficient (Wildman–Crippen LogP) is 3.57. The second-order valence-corrected chi connectivity index (χ2v) is 9.57. The monoisotopic (exact) mass is 479 g/mol. The standard InChI is InChI=1S/C25H25N3O5S/c1-33-23-10-9-19-12-18(23)8-3-2-5-16-6-4-7-17(11-16)15-27-21-14-22(29)20(25(26)30)13-24(21)34(31,32)28-19/h2-4,6-7,9-14,27-29H,5,8,15H2,1H3,(H2,26,30)/b3-2+. The van der Waals surface area contributed by atoms with E-state index in [0.29, 0.717) is 24.4 Å². The summed E-state index contributed by atoms with van der Waals surface area (Å²) in [5, 5.41) is 13.3. The van der Waals surface area contributed by atoms with Crippen molar-refractivity contribution in [3.63, 3.8) is 0 Å². The normalized spacial score (nSPS) is 15.8. The zero-order valence-corrected chi connectivity index (χ0v) is 19.4. The first-order chi connectivity index (χ1) is 16.3. The Kier molecular flexibility index (Phi) is 6.47. The molecule has 0 aliphatic carbocycles. The number of fused-ring (bicyclic) bond motifs is 5. The zero-order chi connectivity index (χ0) is 24.3. The third-order valence-corrected chi connectivity index (χ3v) is 6.94. The molecule has 1 heterocycles. The second kappa shape index (κ2) is 9.48. The average Bonchev–Trinajstić information content (AvgIpc) is 2.80. The van der Waals surface area contributed by atoms with Gasteiger partial charge in [-0.05, 0) is 53.8 Å². The van der Waals surface area contributed by atoms with Gasteiger partial charge in [-0.1, -0.05) is 36.4 Å². The van der Waals surface area contributed by atoms with Gasteiger partial charge in [0.2, 0.25) is 0 Å². The molecule has 4 bridgehead atoms. The Labute approximate surface area is 198 Å². The molecule has 3 aromatic carbocycles. The molecule has 8 nitrogen and oxygen atoms in total. The van der Waals surface area contributed by atoms with Crippen molar-refractivity contribution in [3.8, 4) is 11.5 Å². The molecule has 1 aliphatic heterocycles. The van der Waals surface area contributed by atoms with Crippen LogP contribution >= 0.6 is 0 Å². The molecule has 1 aliphatic rings. The van der Waals surface area contributed by atoms with Crippen LogP contribution in [0, 0.1) is 0 Å². The summed E-state index contributed by atoms with van der Waals surface area (Å²) < 4.78 is 34.7. The van der Waals surface area contributed by atoms with Crippen LogP contribution in [0.5, 0.6) is 11.5 Å². The number of methoxy groups -OCH3 is 1. The van der Waals surface area contributed by atoms with E-state index in [0.717, 1.165) is 29.2 Å². The lowest BCUT2D eigenvalue weighted by Crippen LogP contribution is -2.18. The number of nitrogens with two attached hydrogens (primary N) is 1. The summed E-state index contributed by atoms with van der Waals surface area (Å²) in [6.45, 7) is 0.308. The van der Waals surface area contributed by atoms with E-state index in [1.54, 1.807) is 25.3 Å². The van der Waals surface area contributed by atoms with Crippen LogP contribution in [0.4, 0.5) is 11.4 Å². The van der Waals surface area contributed by atoms with Crippen molar-refractivity contribution in [2.24, 2.45) is 5.73 Å². The number of hydrogen-bond acceptors (Lipinski definition) is 6. The van der Waals surface area contributed by atoms with Crippen LogP contribution in [0.15, 0.2) is 71.6 Å². The van der Waals surface area contributed by atoms with E-state index in [9.17, 15) is 18.3 Å². The van der Waals surface area contributed by atoms with E-state index in [1.807, 2.05) is 30.3 Å². The molecule has 34 heavy (non-hydrogen) atoms. The Morgan fingerprint density at radius 3 is 2.56 bits per heavy atom. The average molecular weight is 480 g/mol. The molecular formula is C25H25N3O5S. The minimum absolute atomic E-state index is 0.140. The van der Waals surface area contributed by atoms with Crippen LogP contribution < -0.4 is 20.5 Å². The largest absolute Gasteiger partial charge is 0.507 e. The van der Waals surface area contributed by atoms with Crippen LogP contribution in [-0.2, 0) is 29.4 Å². The van der Waals surface area contributed by atoms with Gasteiger partial charge in [0.15, 0.2) is 0 Å². The highest BCUT2D eigenvalue weighted by molar-refractivity contribution is 7.92. The van der Waals surface area contributed by atoms with Crippen LogP contribution in [0.3, 0.4) is 0 Å². The fourth-order valence-electron chi connectivity index (χ4n) is 3.83. The number of sulfonamides is 1. The number of anilines is 2. The number of ether oxygens (including phenoxy) is 1. The molecule has 5 N–H and O–H groups in total. The van der Waals surface area contributed by atoms with Gasteiger partial charge in [0.05, 0.1) is 18.4 Å². The molecule has 0 unspecified atom stereocenters. The molecule has 0 radical (unpaired) electrons. The van der Waals surface area contributed by atoms with Crippen molar-refractivity contribution in [2.45, 2.75) is 24.3 Å². The molecule has 9 heteroatoms. The molecule has 0 atom stereocenters. The maximum Gasteiger partial charge on any atom is 0.263 e. The van der Waals surface area contributed by atoms with Crippen LogP contribution in [-0.4, -0.2) is 26.5 Å². The van der Waals surface area contributed by atoms with E-state index >= 15 is 0 Å². The molecule has 0 saturated heterocycles. The lowest BCUT2D eigenvalue weighted by molar-refractivity contribution is 0.0997. The minimum Gasteiger partial charge on any atom is -0.507 e. The van der Waals surface area contributed by atoms with E-state index < -0.39 is 21.7 Å². The SMILES string of the molecule is COc1ccc2cc1C/C=C/Cc1cccc(c1)CNc1cc(O)c(C(N)=O)cc1S(=O)(=O)N2. The van der Waals surface area contributed by atoms with Crippen LogP contribution in [0.2, 0.25) is 0 Å². The van der Waals surface area contributed by atoms with Crippen LogP contribution in [0.25, 0.3) is 0 Å². The third kappa shape index (κ3) is 4.99. The number of allylic oxidation sites excluding steroid dienone is 2. The summed E-state index contributed by atoms with van der Waals surface area (Å²) in [5.41, 5.74) is 8.37. The van der Waals surface area contributed by atoms with Gasteiger partial charge in [0.25, 0.3) is 15.9 Å². The Morgan fingerprint density at radius 1 is 1.03 bits per heavy atom. The van der Waals surface area contributed by atoms with Gasteiger partial charge in [0.1, 0.15) is 16.4 Å². The van der Waals surface area contributed by atoms with Crippen molar-refractivity contribution in [3.05, 3.63) is 89.0 Å². The van der Waals surface area contributed by atoms with Crippen LogP contribution in [0.1, 0.15) is 27.0 Å².